The summed E-state index contributed by atoms with van der Waals surface area (Å²) in [6, 6.07) is 8.41. The molecule has 7 aliphatic carbocycles. The van der Waals surface area contributed by atoms with Crippen LogP contribution in [0.3, 0.4) is 0 Å². The van der Waals surface area contributed by atoms with Gasteiger partial charge in [-0.3, -0.25) is 4.79 Å². The molecular weight excluding hydrogens is 521 g/mol. The molecule has 2 heterocycles. The van der Waals surface area contributed by atoms with Crippen LogP contribution in [-0.2, 0) is 10.2 Å². The molecule has 1 amide bonds. The standard InChI is InChI=1S/C32H36FN5O3/c1-40-28-34-15-23(16-35-28)22-3-2-4-24(13-22)38(25(39)14-30-17-32(33,18-30)19-30)20-29-7-10-31(11-8-29,12-9-29)27-36-26(37-41-27)21-5-6-21/h2-4,13,15-16,21H,5-12,14,17-20H2,1H3. The highest BCUT2D eigenvalue weighted by Gasteiger charge is 2.69. The van der Waals surface area contributed by atoms with Gasteiger partial charge in [0, 0.05) is 47.9 Å². The molecule has 8 nitrogen and oxygen atoms in total. The van der Waals surface area contributed by atoms with Crippen molar-refractivity contribution in [2.24, 2.45) is 10.8 Å². The Morgan fingerprint density at radius 2 is 1.73 bits per heavy atom. The minimum absolute atomic E-state index is 0.0215. The van der Waals surface area contributed by atoms with E-state index in [-0.39, 0.29) is 22.2 Å². The lowest BCUT2D eigenvalue weighted by atomic mass is 9.41. The van der Waals surface area contributed by atoms with Gasteiger partial charge in [0.05, 0.1) is 7.11 Å². The van der Waals surface area contributed by atoms with Crippen LogP contribution >= 0.6 is 0 Å². The Morgan fingerprint density at radius 3 is 2.37 bits per heavy atom. The number of methoxy groups -OCH3 is 1. The van der Waals surface area contributed by atoms with E-state index in [1.54, 1.807) is 19.5 Å². The van der Waals surface area contributed by atoms with Gasteiger partial charge in [-0.25, -0.2) is 14.4 Å². The van der Waals surface area contributed by atoms with Gasteiger partial charge >= 0.3 is 6.01 Å². The van der Waals surface area contributed by atoms with Crippen LogP contribution in [0.1, 0.15) is 94.7 Å². The summed E-state index contributed by atoms with van der Waals surface area (Å²) in [5.74, 6) is 2.32. The van der Waals surface area contributed by atoms with Gasteiger partial charge in [-0.15, -0.1) is 0 Å². The lowest BCUT2D eigenvalue weighted by Crippen LogP contribution is -2.65. The fraction of sp³-hybridized carbons (Fsp3) is 0.594. The summed E-state index contributed by atoms with van der Waals surface area (Å²) in [5.41, 5.74) is 1.57. The molecule has 7 aliphatic rings. The van der Waals surface area contributed by atoms with Crippen molar-refractivity contribution < 1.29 is 18.4 Å². The average Bonchev–Trinajstić information content (AvgIpc) is 3.71. The smallest absolute Gasteiger partial charge is 0.316 e. The number of halogens is 1. The first-order chi connectivity index (χ1) is 19.8. The van der Waals surface area contributed by atoms with Crippen LogP contribution in [0.15, 0.2) is 41.2 Å². The molecule has 0 atom stereocenters. The molecule has 0 radical (unpaired) electrons. The number of aromatic nitrogens is 4. The Balaban J connectivity index is 1.05. The van der Waals surface area contributed by atoms with Crippen LogP contribution < -0.4 is 9.64 Å². The quantitative estimate of drug-likeness (QED) is 0.304. The maximum absolute atomic E-state index is 14.3. The predicted octanol–water partition coefficient (Wildman–Crippen LogP) is 6.32. The van der Waals surface area contributed by atoms with E-state index in [4.69, 9.17) is 14.2 Å². The van der Waals surface area contributed by atoms with E-state index in [1.807, 2.05) is 23.1 Å². The second-order valence-electron chi connectivity index (χ2n) is 13.9. The number of carbonyl (C=O) groups is 1. The van der Waals surface area contributed by atoms with E-state index in [0.29, 0.717) is 44.2 Å². The van der Waals surface area contributed by atoms with Crippen LogP contribution in [-0.4, -0.2) is 45.3 Å². The number of benzene rings is 1. The monoisotopic (exact) mass is 557 g/mol. The van der Waals surface area contributed by atoms with Crippen molar-refractivity contribution in [1.82, 2.24) is 20.1 Å². The molecule has 0 unspecified atom stereocenters. The number of fused-ring (bicyclic) bond motifs is 3. The van der Waals surface area contributed by atoms with E-state index in [9.17, 15) is 9.18 Å². The molecule has 7 saturated carbocycles. The molecule has 10 rings (SSSR count). The van der Waals surface area contributed by atoms with Gasteiger partial charge < -0.3 is 14.2 Å². The second kappa shape index (κ2) is 8.82. The number of amides is 1. The summed E-state index contributed by atoms with van der Waals surface area (Å²) in [6.45, 7) is 0.679. The van der Waals surface area contributed by atoms with E-state index in [1.165, 1.54) is 12.8 Å². The zero-order valence-corrected chi connectivity index (χ0v) is 23.6. The fourth-order valence-electron chi connectivity index (χ4n) is 8.33. The van der Waals surface area contributed by atoms with Crippen molar-refractivity contribution in [3.8, 4) is 17.1 Å². The summed E-state index contributed by atoms with van der Waals surface area (Å²) in [4.78, 5) is 29.4. The van der Waals surface area contributed by atoms with Gasteiger partial charge in [-0.1, -0.05) is 17.3 Å². The van der Waals surface area contributed by atoms with Crippen molar-refractivity contribution in [2.45, 2.75) is 94.1 Å². The number of anilines is 1. The Morgan fingerprint density at radius 1 is 1.02 bits per heavy atom. The normalized spacial score (nSPS) is 33.1. The second-order valence-corrected chi connectivity index (χ2v) is 13.9. The summed E-state index contributed by atoms with van der Waals surface area (Å²) in [5, 5.41) is 4.31. The molecule has 9 heteroatoms. The average molecular weight is 558 g/mol. The van der Waals surface area contributed by atoms with Gasteiger partial charge in [0.1, 0.15) is 5.67 Å². The molecule has 2 aromatic heterocycles. The third kappa shape index (κ3) is 4.26. The highest BCUT2D eigenvalue weighted by Crippen LogP contribution is 2.71. The highest BCUT2D eigenvalue weighted by molar-refractivity contribution is 5.95. The third-order valence-corrected chi connectivity index (χ3v) is 10.9. The van der Waals surface area contributed by atoms with E-state index >= 15 is 0 Å². The van der Waals surface area contributed by atoms with Crippen LogP contribution in [0.4, 0.5) is 10.1 Å². The van der Waals surface area contributed by atoms with Crippen molar-refractivity contribution in [3.05, 3.63) is 48.4 Å². The molecule has 214 valence electrons. The number of rotatable bonds is 9. The maximum Gasteiger partial charge on any atom is 0.316 e. The Labute approximate surface area is 239 Å². The van der Waals surface area contributed by atoms with Crippen LogP contribution in [0.25, 0.3) is 11.1 Å². The van der Waals surface area contributed by atoms with Gasteiger partial charge in [-0.2, -0.15) is 4.98 Å². The first-order valence-electron chi connectivity index (χ1n) is 15.1. The lowest BCUT2D eigenvalue weighted by Gasteiger charge is -2.66. The maximum atomic E-state index is 14.3. The first kappa shape index (κ1) is 25.4. The predicted molar refractivity (Wildman–Crippen MR) is 149 cm³/mol. The largest absolute Gasteiger partial charge is 0.467 e. The highest BCUT2D eigenvalue weighted by atomic mass is 19.1. The Kier molecular flexibility index (Phi) is 5.46. The number of carbonyl (C=O) groups excluding carboxylic acids is 1. The van der Waals surface area contributed by atoms with E-state index < -0.39 is 5.67 Å². The van der Waals surface area contributed by atoms with Crippen LogP contribution in [0, 0.1) is 10.8 Å². The number of hydrogen-bond donors (Lipinski definition) is 0. The summed E-state index contributed by atoms with van der Waals surface area (Å²) < 4.78 is 25.3. The Bertz CT molecular complexity index is 1450. The van der Waals surface area contributed by atoms with Crippen molar-refractivity contribution in [1.29, 1.82) is 0 Å². The number of nitrogens with zero attached hydrogens (tertiary/aromatic N) is 5. The third-order valence-electron chi connectivity index (χ3n) is 10.9. The molecule has 0 spiro atoms. The van der Waals surface area contributed by atoms with Crippen LogP contribution in [0.5, 0.6) is 6.01 Å². The van der Waals surface area contributed by atoms with E-state index in [0.717, 1.165) is 67.1 Å². The molecule has 4 bridgehead atoms. The Hall–Kier alpha value is -3.36. The van der Waals surface area contributed by atoms with Crippen molar-refractivity contribution in [2.75, 3.05) is 18.6 Å². The minimum atomic E-state index is -1.01. The van der Waals surface area contributed by atoms with Crippen molar-refractivity contribution >= 4 is 11.6 Å². The van der Waals surface area contributed by atoms with Gasteiger partial charge in [0.2, 0.25) is 11.8 Å². The van der Waals surface area contributed by atoms with E-state index in [2.05, 4.69) is 21.2 Å². The number of ether oxygens (including phenoxy) is 1. The zero-order chi connectivity index (χ0) is 27.9. The number of hydrogen-bond acceptors (Lipinski definition) is 7. The summed E-state index contributed by atoms with van der Waals surface area (Å²) >= 11 is 0. The molecule has 3 aromatic rings. The SMILES string of the molecule is COc1ncc(-c2cccc(N(CC34CCC(c5nc(C6CC6)no5)(CC3)CC4)C(=O)CC34CC(F)(C3)C4)c2)cn1. The fourth-order valence-corrected chi connectivity index (χ4v) is 8.33. The molecule has 0 N–H and O–H groups in total. The zero-order valence-electron chi connectivity index (χ0n) is 23.6. The summed E-state index contributed by atoms with van der Waals surface area (Å²) in [7, 11) is 1.54. The summed E-state index contributed by atoms with van der Waals surface area (Å²) in [6.07, 6.45) is 14.0. The molecule has 7 fully saturated rings. The number of alkyl halides is 1. The minimum Gasteiger partial charge on any atom is -0.467 e. The van der Waals surface area contributed by atoms with Crippen LogP contribution in [0.2, 0.25) is 0 Å². The topological polar surface area (TPSA) is 94.2 Å². The van der Waals surface area contributed by atoms with Gasteiger partial charge in [0.15, 0.2) is 5.82 Å². The van der Waals surface area contributed by atoms with Gasteiger partial charge in [0.25, 0.3) is 0 Å². The molecule has 0 saturated heterocycles. The molecule has 0 aliphatic heterocycles. The molecule has 1 aromatic carbocycles. The first-order valence-corrected chi connectivity index (χ1v) is 15.1. The molecular formula is C32H36FN5O3. The van der Waals surface area contributed by atoms with Crippen molar-refractivity contribution in [3.63, 3.8) is 0 Å². The lowest BCUT2D eigenvalue weighted by molar-refractivity contribution is -0.215. The molecule has 41 heavy (non-hydrogen) atoms. The van der Waals surface area contributed by atoms with Gasteiger partial charge in [-0.05, 0) is 99.2 Å².